The average molecular weight is 300 g/mol. The summed E-state index contributed by atoms with van der Waals surface area (Å²) in [6.45, 7) is 5.29. The number of nitrogens with zero attached hydrogens (tertiary/aromatic N) is 2. The number of hydrogen-bond donors (Lipinski definition) is 0. The molecule has 0 aromatic heterocycles. The number of fused-ring (bicyclic) bond motifs is 1. The van der Waals surface area contributed by atoms with Crippen molar-refractivity contribution in [3.8, 4) is 0 Å². The molecule has 4 heteroatoms. The summed E-state index contributed by atoms with van der Waals surface area (Å²) in [5.41, 5.74) is 3.16. The molecule has 0 bridgehead atoms. The van der Waals surface area contributed by atoms with Crippen LogP contribution in [0, 0.1) is 5.92 Å². The summed E-state index contributed by atoms with van der Waals surface area (Å²) in [6, 6.07) is 6.38. The topological polar surface area (TPSA) is 40.6 Å². The van der Waals surface area contributed by atoms with E-state index >= 15 is 0 Å². The summed E-state index contributed by atoms with van der Waals surface area (Å²) < 4.78 is 0. The molecule has 0 atom stereocenters. The maximum Gasteiger partial charge on any atom is 0.253 e. The fourth-order valence-electron chi connectivity index (χ4n) is 3.07. The van der Waals surface area contributed by atoms with Gasteiger partial charge in [-0.2, -0.15) is 0 Å². The lowest BCUT2D eigenvalue weighted by molar-refractivity contribution is -0.135. The summed E-state index contributed by atoms with van der Waals surface area (Å²) in [4.78, 5) is 28.3. The Morgan fingerprint density at radius 2 is 1.95 bits per heavy atom. The monoisotopic (exact) mass is 300 g/mol. The van der Waals surface area contributed by atoms with Crippen molar-refractivity contribution in [2.24, 2.45) is 5.92 Å². The van der Waals surface area contributed by atoms with Crippen molar-refractivity contribution >= 4 is 11.8 Å². The highest BCUT2D eigenvalue weighted by atomic mass is 16.2. The average Bonchev–Trinajstić information content (AvgIpc) is 3.36. The standard InChI is InChI=1S/C18H24N2O2/c1-12(2)17(21)20-9-8-13-10-14(4-5-15(13)11-20)18(22)19(3)16-6-7-16/h4-5,10,12,16H,6-9,11H2,1-3H3. The van der Waals surface area contributed by atoms with Gasteiger partial charge in [0.2, 0.25) is 5.91 Å². The Hall–Kier alpha value is -1.84. The Balaban J connectivity index is 1.75. The molecule has 22 heavy (non-hydrogen) atoms. The highest BCUT2D eigenvalue weighted by molar-refractivity contribution is 5.94. The molecule has 0 radical (unpaired) electrons. The van der Waals surface area contributed by atoms with Gasteiger partial charge < -0.3 is 9.80 Å². The Morgan fingerprint density at radius 1 is 1.23 bits per heavy atom. The van der Waals surface area contributed by atoms with E-state index < -0.39 is 0 Å². The van der Waals surface area contributed by atoms with Gasteiger partial charge in [-0.3, -0.25) is 9.59 Å². The molecule has 0 spiro atoms. The second-order valence-electron chi connectivity index (χ2n) is 6.80. The second-order valence-corrected chi connectivity index (χ2v) is 6.80. The number of hydrogen-bond acceptors (Lipinski definition) is 2. The van der Waals surface area contributed by atoms with Crippen molar-refractivity contribution in [3.63, 3.8) is 0 Å². The number of amides is 2. The lowest BCUT2D eigenvalue weighted by atomic mass is 9.96. The van der Waals surface area contributed by atoms with Crippen LogP contribution < -0.4 is 0 Å². The summed E-state index contributed by atoms with van der Waals surface area (Å²) in [5.74, 6) is 0.361. The van der Waals surface area contributed by atoms with Gasteiger partial charge in [-0.15, -0.1) is 0 Å². The fourth-order valence-corrected chi connectivity index (χ4v) is 3.07. The van der Waals surface area contributed by atoms with Crippen LogP contribution in [0.25, 0.3) is 0 Å². The van der Waals surface area contributed by atoms with E-state index in [-0.39, 0.29) is 17.7 Å². The smallest absolute Gasteiger partial charge is 0.253 e. The van der Waals surface area contributed by atoms with Gasteiger partial charge in [0.05, 0.1) is 0 Å². The molecule has 0 N–H and O–H groups in total. The van der Waals surface area contributed by atoms with Gasteiger partial charge in [-0.25, -0.2) is 0 Å². The van der Waals surface area contributed by atoms with Crippen LogP contribution in [0.2, 0.25) is 0 Å². The van der Waals surface area contributed by atoms with Crippen LogP contribution in [0.4, 0.5) is 0 Å². The zero-order valence-corrected chi connectivity index (χ0v) is 13.6. The third-order valence-corrected chi connectivity index (χ3v) is 4.69. The van der Waals surface area contributed by atoms with Gasteiger partial charge in [-0.1, -0.05) is 19.9 Å². The molecule has 118 valence electrons. The minimum absolute atomic E-state index is 0.0367. The number of carbonyl (C=O) groups is 2. The van der Waals surface area contributed by atoms with Crippen LogP contribution >= 0.6 is 0 Å². The van der Waals surface area contributed by atoms with Crippen LogP contribution in [-0.4, -0.2) is 41.2 Å². The van der Waals surface area contributed by atoms with Crippen molar-refractivity contribution in [2.75, 3.05) is 13.6 Å². The van der Waals surface area contributed by atoms with Gasteiger partial charge in [0, 0.05) is 37.7 Å². The highest BCUT2D eigenvalue weighted by Crippen LogP contribution is 2.28. The van der Waals surface area contributed by atoms with E-state index in [4.69, 9.17) is 0 Å². The maximum absolute atomic E-state index is 12.4. The molecule has 1 fully saturated rings. The van der Waals surface area contributed by atoms with E-state index in [0.29, 0.717) is 12.6 Å². The zero-order valence-electron chi connectivity index (χ0n) is 13.6. The zero-order chi connectivity index (χ0) is 15.9. The van der Waals surface area contributed by atoms with E-state index in [1.54, 1.807) is 0 Å². The van der Waals surface area contributed by atoms with E-state index in [2.05, 4.69) is 0 Å². The predicted molar refractivity (Wildman–Crippen MR) is 85.5 cm³/mol. The SMILES string of the molecule is CC(C)C(=O)N1CCc2cc(C(=O)N(C)C3CC3)ccc2C1. The van der Waals surface area contributed by atoms with Gasteiger partial charge in [0.25, 0.3) is 5.91 Å². The first-order valence-corrected chi connectivity index (χ1v) is 8.15. The molecule has 3 rings (SSSR count). The van der Waals surface area contributed by atoms with Gasteiger partial charge in [-0.05, 0) is 42.5 Å². The molecule has 0 unspecified atom stereocenters. The van der Waals surface area contributed by atoms with E-state index in [0.717, 1.165) is 31.4 Å². The van der Waals surface area contributed by atoms with Crippen molar-refractivity contribution in [3.05, 3.63) is 34.9 Å². The molecule has 4 nitrogen and oxygen atoms in total. The largest absolute Gasteiger partial charge is 0.339 e. The van der Waals surface area contributed by atoms with Gasteiger partial charge in [0.1, 0.15) is 0 Å². The quantitative estimate of drug-likeness (QED) is 0.860. The van der Waals surface area contributed by atoms with Crippen molar-refractivity contribution in [1.82, 2.24) is 9.80 Å². The molecule has 2 amide bonds. The van der Waals surface area contributed by atoms with E-state index in [1.807, 2.05) is 48.9 Å². The Labute approximate surface area is 132 Å². The molecule has 0 saturated heterocycles. The molecule has 1 aromatic carbocycles. The molecule has 1 aliphatic heterocycles. The first-order valence-electron chi connectivity index (χ1n) is 8.15. The number of rotatable bonds is 3. The van der Waals surface area contributed by atoms with E-state index in [9.17, 15) is 9.59 Å². The summed E-state index contributed by atoms with van der Waals surface area (Å²) in [7, 11) is 1.89. The highest BCUT2D eigenvalue weighted by Gasteiger charge is 2.30. The molecular weight excluding hydrogens is 276 g/mol. The lowest BCUT2D eigenvalue weighted by Crippen LogP contribution is -2.38. The van der Waals surface area contributed by atoms with Crippen LogP contribution in [0.5, 0.6) is 0 Å². The minimum atomic E-state index is 0.0367. The predicted octanol–water partition coefficient (Wildman–Crippen LogP) is 2.46. The summed E-state index contributed by atoms with van der Waals surface area (Å²) in [5, 5.41) is 0. The van der Waals surface area contributed by atoms with Gasteiger partial charge in [0.15, 0.2) is 0 Å². The molecule has 1 aliphatic carbocycles. The second kappa shape index (κ2) is 5.75. The molecular formula is C18H24N2O2. The Morgan fingerprint density at radius 3 is 2.59 bits per heavy atom. The van der Waals surface area contributed by atoms with Crippen LogP contribution in [0.3, 0.4) is 0 Å². The van der Waals surface area contributed by atoms with Crippen molar-refractivity contribution < 1.29 is 9.59 Å². The first kappa shape index (κ1) is 15.1. The Kier molecular flexibility index (Phi) is 3.94. The normalized spacial score (nSPS) is 17.4. The van der Waals surface area contributed by atoms with E-state index in [1.165, 1.54) is 11.1 Å². The minimum Gasteiger partial charge on any atom is -0.339 e. The number of carbonyl (C=O) groups excluding carboxylic acids is 2. The third kappa shape index (κ3) is 2.87. The molecule has 1 aromatic rings. The molecule has 1 heterocycles. The van der Waals surface area contributed by atoms with Crippen molar-refractivity contribution in [2.45, 2.75) is 45.7 Å². The van der Waals surface area contributed by atoms with Gasteiger partial charge >= 0.3 is 0 Å². The van der Waals surface area contributed by atoms with Crippen LogP contribution in [0.15, 0.2) is 18.2 Å². The molecule has 2 aliphatic rings. The van der Waals surface area contributed by atoms with Crippen LogP contribution in [-0.2, 0) is 17.8 Å². The first-order chi connectivity index (χ1) is 10.5. The summed E-state index contributed by atoms with van der Waals surface area (Å²) >= 11 is 0. The Bertz CT molecular complexity index is 605. The van der Waals surface area contributed by atoms with Crippen LogP contribution in [0.1, 0.15) is 48.2 Å². The molecule has 1 saturated carbocycles. The fraction of sp³-hybridized carbons (Fsp3) is 0.556. The third-order valence-electron chi connectivity index (χ3n) is 4.69. The van der Waals surface area contributed by atoms with Crippen molar-refractivity contribution in [1.29, 1.82) is 0 Å². The summed E-state index contributed by atoms with van der Waals surface area (Å²) in [6.07, 6.45) is 3.08. The number of benzene rings is 1. The lowest BCUT2D eigenvalue weighted by Gasteiger charge is -2.30. The maximum atomic E-state index is 12.4.